The van der Waals surface area contributed by atoms with Crippen LogP contribution in [0.25, 0.3) is 5.69 Å². The Morgan fingerprint density at radius 2 is 2.21 bits per heavy atom. The molecular formula is C19H20N6O3. The summed E-state index contributed by atoms with van der Waals surface area (Å²) in [5.74, 6) is 1.22. The lowest BCUT2D eigenvalue weighted by atomic mass is 10.2. The Kier molecular flexibility index (Phi) is 5.55. The molecule has 0 bridgehead atoms. The Bertz CT molecular complexity index is 921. The molecule has 0 radical (unpaired) electrons. The summed E-state index contributed by atoms with van der Waals surface area (Å²) in [6.07, 6.45) is 6.80. The van der Waals surface area contributed by atoms with E-state index in [1.807, 2.05) is 24.3 Å². The molecule has 144 valence electrons. The Labute approximate surface area is 161 Å². The quantitative estimate of drug-likeness (QED) is 0.384. The summed E-state index contributed by atoms with van der Waals surface area (Å²) in [5, 5.41) is 13.7. The average Bonchev–Trinajstić information content (AvgIpc) is 3.44. The van der Waals surface area contributed by atoms with Gasteiger partial charge in [0.15, 0.2) is 5.84 Å². The summed E-state index contributed by atoms with van der Waals surface area (Å²) in [7, 11) is 0. The minimum absolute atomic E-state index is 0.0775. The van der Waals surface area contributed by atoms with E-state index in [2.05, 4.69) is 25.5 Å². The van der Waals surface area contributed by atoms with Crippen molar-refractivity contribution in [1.29, 1.82) is 0 Å². The van der Waals surface area contributed by atoms with Crippen molar-refractivity contribution in [2.75, 3.05) is 13.2 Å². The first-order chi connectivity index (χ1) is 13.8. The van der Waals surface area contributed by atoms with Gasteiger partial charge in [-0.15, -0.1) is 0 Å². The number of nitrogens with zero attached hydrogens (tertiary/aromatic N) is 5. The van der Waals surface area contributed by atoms with Crippen LogP contribution in [-0.2, 0) is 4.74 Å². The molecule has 0 saturated carbocycles. The second-order valence-corrected chi connectivity index (χ2v) is 6.23. The largest absolute Gasteiger partial charge is 0.438 e. The van der Waals surface area contributed by atoms with E-state index in [1.54, 1.807) is 29.3 Å². The summed E-state index contributed by atoms with van der Waals surface area (Å²) in [5.41, 5.74) is 3.57. The predicted octanol–water partition coefficient (Wildman–Crippen LogP) is 2.36. The number of hydroxylamine groups is 1. The van der Waals surface area contributed by atoms with Gasteiger partial charge in [0.25, 0.3) is 0 Å². The summed E-state index contributed by atoms with van der Waals surface area (Å²) >= 11 is 0. The normalized spacial score (nSPS) is 16.9. The minimum atomic E-state index is 0.0775. The predicted molar refractivity (Wildman–Crippen MR) is 101 cm³/mol. The molecule has 9 nitrogen and oxygen atoms in total. The first kappa shape index (κ1) is 18.1. The van der Waals surface area contributed by atoms with E-state index in [0.29, 0.717) is 23.7 Å². The maximum absolute atomic E-state index is 9.57. The van der Waals surface area contributed by atoms with Crippen molar-refractivity contribution in [3.63, 3.8) is 0 Å². The molecule has 1 aliphatic heterocycles. The standard InChI is InChI=1S/C19H20N6O3/c26-24-18(22-11-16-3-2-10-27-16)17-4-1-9-21-19(17)28-15-7-5-14(6-8-15)25-13-20-12-23-25/h1,4-9,12-13,16,26H,2-3,10-11H2,(H,22,24). The molecule has 28 heavy (non-hydrogen) atoms. The summed E-state index contributed by atoms with van der Waals surface area (Å²) in [6, 6.07) is 10.9. The second kappa shape index (κ2) is 8.59. The van der Waals surface area contributed by atoms with Gasteiger partial charge in [-0.1, -0.05) is 0 Å². The van der Waals surface area contributed by atoms with Crippen molar-refractivity contribution >= 4 is 5.84 Å². The third kappa shape index (κ3) is 4.16. The van der Waals surface area contributed by atoms with Crippen molar-refractivity contribution in [2.45, 2.75) is 18.9 Å². The van der Waals surface area contributed by atoms with Crippen LogP contribution in [0.2, 0.25) is 0 Å². The number of hydrogen-bond donors (Lipinski definition) is 2. The molecule has 1 unspecified atom stereocenters. The van der Waals surface area contributed by atoms with Gasteiger partial charge in [-0.05, 0) is 49.2 Å². The lowest BCUT2D eigenvalue weighted by molar-refractivity contribution is 0.117. The number of rotatable bonds is 6. The Morgan fingerprint density at radius 1 is 1.32 bits per heavy atom. The number of ether oxygens (including phenoxy) is 2. The molecule has 1 fully saturated rings. The molecule has 3 aromatic rings. The van der Waals surface area contributed by atoms with Crippen LogP contribution in [-0.4, -0.2) is 50.0 Å². The smallest absolute Gasteiger partial charge is 0.230 e. The number of aromatic nitrogens is 4. The number of pyridine rings is 1. The van der Waals surface area contributed by atoms with Crippen molar-refractivity contribution < 1.29 is 14.7 Å². The Balaban J connectivity index is 1.52. The van der Waals surface area contributed by atoms with Gasteiger partial charge in [-0.2, -0.15) is 5.10 Å². The number of aliphatic imine (C=N–C) groups is 1. The number of amidine groups is 1. The monoisotopic (exact) mass is 380 g/mol. The van der Waals surface area contributed by atoms with E-state index >= 15 is 0 Å². The first-order valence-electron chi connectivity index (χ1n) is 8.98. The van der Waals surface area contributed by atoms with Crippen molar-refractivity contribution in [3.8, 4) is 17.3 Å². The van der Waals surface area contributed by atoms with Crippen LogP contribution in [0.1, 0.15) is 18.4 Å². The van der Waals surface area contributed by atoms with Crippen LogP contribution in [0.15, 0.2) is 60.2 Å². The molecule has 1 atom stereocenters. The van der Waals surface area contributed by atoms with Gasteiger partial charge in [0.2, 0.25) is 5.88 Å². The van der Waals surface area contributed by atoms with Gasteiger partial charge < -0.3 is 9.47 Å². The van der Waals surface area contributed by atoms with Crippen LogP contribution < -0.4 is 10.2 Å². The molecule has 9 heteroatoms. The van der Waals surface area contributed by atoms with Crippen LogP contribution in [0.5, 0.6) is 11.6 Å². The fourth-order valence-corrected chi connectivity index (χ4v) is 2.93. The summed E-state index contributed by atoms with van der Waals surface area (Å²) < 4.78 is 13.1. The summed E-state index contributed by atoms with van der Waals surface area (Å²) in [6.45, 7) is 1.22. The van der Waals surface area contributed by atoms with Crippen LogP contribution >= 0.6 is 0 Å². The minimum Gasteiger partial charge on any atom is -0.438 e. The van der Waals surface area contributed by atoms with Gasteiger partial charge in [-0.3, -0.25) is 15.7 Å². The first-order valence-corrected chi connectivity index (χ1v) is 8.98. The molecule has 2 N–H and O–H groups in total. The highest BCUT2D eigenvalue weighted by Crippen LogP contribution is 2.24. The van der Waals surface area contributed by atoms with E-state index in [1.165, 1.54) is 6.33 Å². The van der Waals surface area contributed by atoms with E-state index in [0.717, 1.165) is 25.1 Å². The van der Waals surface area contributed by atoms with Crippen molar-refractivity contribution in [1.82, 2.24) is 25.2 Å². The molecule has 0 aliphatic carbocycles. The lowest BCUT2D eigenvalue weighted by Gasteiger charge is -2.12. The lowest BCUT2D eigenvalue weighted by Crippen LogP contribution is -2.23. The van der Waals surface area contributed by atoms with Gasteiger partial charge in [0.05, 0.1) is 23.9 Å². The Morgan fingerprint density at radius 3 is 2.93 bits per heavy atom. The average molecular weight is 380 g/mol. The Hall–Kier alpha value is -3.30. The number of benzene rings is 1. The maximum atomic E-state index is 9.57. The molecule has 2 aromatic heterocycles. The molecular weight excluding hydrogens is 360 g/mol. The third-order valence-electron chi connectivity index (χ3n) is 4.34. The summed E-state index contributed by atoms with van der Waals surface area (Å²) in [4.78, 5) is 12.7. The topological polar surface area (TPSA) is 107 Å². The number of nitrogens with one attached hydrogen (secondary N) is 1. The molecule has 4 rings (SSSR count). The molecule has 3 heterocycles. The van der Waals surface area contributed by atoms with E-state index in [9.17, 15) is 5.21 Å². The second-order valence-electron chi connectivity index (χ2n) is 6.23. The molecule has 1 aliphatic rings. The fourth-order valence-electron chi connectivity index (χ4n) is 2.93. The van der Waals surface area contributed by atoms with Gasteiger partial charge in [0.1, 0.15) is 18.4 Å². The van der Waals surface area contributed by atoms with Gasteiger partial charge in [-0.25, -0.2) is 14.6 Å². The zero-order valence-corrected chi connectivity index (χ0v) is 15.1. The van der Waals surface area contributed by atoms with E-state index in [-0.39, 0.29) is 11.9 Å². The highest BCUT2D eigenvalue weighted by molar-refractivity contribution is 6.00. The molecule has 0 spiro atoms. The fraction of sp³-hybridized carbons (Fsp3) is 0.263. The molecule has 1 saturated heterocycles. The van der Waals surface area contributed by atoms with Crippen LogP contribution in [0.3, 0.4) is 0 Å². The van der Waals surface area contributed by atoms with Gasteiger partial charge >= 0.3 is 0 Å². The third-order valence-corrected chi connectivity index (χ3v) is 4.34. The van der Waals surface area contributed by atoms with Crippen molar-refractivity contribution in [2.24, 2.45) is 4.99 Å². The SMILES string of the molecule is ONC(=NCC1CCCO1)c1cccnc1Oc1ccc(-n2cncn2)cc1. The molecule has 0 amide bonds. The molecule has 1 aromatic carbocycles. The van der Waals surface area contributed by atoms with Crippen LogP contribution in [0, 0.1) is 0 Å². The van der Waals surface area contributed by atoms with Crippen LogP contribution in [0.4, 0.5) is 0 Å². The highest BCUT2D eigenvalue weighted by atomic mass is 16.5. The maximum Gasteiger partial charge on any atom is 0.230 e. The van der Waals surface area contributed by atoms with E-state index in [4.69, 9.17) is 9.47 Å². The zero-order chi connectivity index (χ0) is 19.2. The van der Waals surface area contributed by atoms with E-state index < -0.39 is 0 Å². The highest BCUT2D eigenvalue weighted by Gasteiger charge is 2.17. The number of hydrogen-bond acceptors (Lipinski definition) is 7. The van der Waals surface area contributed by atoms with Crippen molar-refractivity contribution in [3.05, 3.63) is 60.8 Å². The van der Waals surface area contributed by atoms with Gasteiger partial charge in [0, 0.05) is 12.8 Å². The zero-order valence-electron chi connectivity index (χ0n) is 15.1.